The molecule has 3 nitrogen and oxygen atoms in total. The minimum absolute atomic E-state index is 0.127. The number of carbonyl (C=O) groups excluding carboxylic acids is 1. The highest BCUT2D eigenvalue weighted by Crippen LogP contribution is 2.29. The normalized spacial score (nSPS) is 29.6. The summed E-state index contributed by atoms with van der Waals surface area (Å²) in [6.45, 7) is 7.10. The predicted molar refractivity (Wildman–Crippen MR) is 42.0 cm³/mol. The molecule has 1 amide bonds. The maximum atomic E-state index is 11.2. The Morgan fingerprint density at radius 1 is 1.73 bits per heavy atom. The Hall–Kier alpha value is -0.570. The molecule has 1 aliphatic rings. The Balaban J connectivity index is 2.77. The minimum Gasteiger partial charge on any atom is -0.383 e. The molecule has 0 aromatic rings. The molecule has 0 saturated carbocycles. The van der Waals surface area contributed by atoms with Crippen LogP contribution in [0.15, 0.2) is 0 Å². The molecule has 0 spiro atoms. The summed E-state index contributed by atoms with van der Waals surface area (Å²) < 4.78 is 0. The number of hydrogen-bond donors (Lipinski definition) is 1. The van der Waals surface area contributed by atoms with E-state index < -0.39 is 6.10 Å². The quantitative estimate of drug-likeness (QED) is 0.592. The number of aliphatic hydroxyl groups is 1. The average molecular weight is 157 g/mol. The van der Waals surface area contributed by atoms with Gasteiger partial charge in [0.2, 0.25) is 0 Å². The van der Waals surface area contributed by atoms with Crippen LogP contribution in [-0.4, -0.2) is 35.1 Å². The molecule has 3 heteroatoms. The van der Waals surface area contributed by atoms with E-state index in [1.807, 2.05) is 20.8 Å². The Labute approximate surface area is 67.0 Å². The Bertz CT molecular complexity index is 177. The van der Waals surface area contributed by atoms with Gasteiger partial charge in [-0.3, -0.25) is 4.79 Å². The van der Waals surface area contributed by atoms with E-state index in [2.05, 4.69) is 0 Å². The molecule has 1 fully saturated rings. The molecule has 0 aromatic heterocycles. The smallest absolute Gasteiger partial charge is 0.252 e. The maximum Gasteiger partial charge on any atom is 0.252 e. The van der Waals surface area contributed by atoms with E-state index in [4.69, 9.17) is 0 Å². The summed E-state index contributed by atoms with van der Waals surface area (Å²) in [6.07, 6.45) is -0.803. The van der Waals surface area contributed by atoms with E-state index in [1.165, 1.54) is 0 Å². The molecule has 1 atom stereocenters. The number of likely N-dealkylation sites (N-methyl/N-ethyl adjacent to an activating group) is 1. The average Bonchev–Trinajstić information content (AvgIpc) is 2.13. The van der Waals surface area contributed by atoms with Crippen molar-refractivity contribution in [2.75, 3.05) is 13.1 Å². The fourth-order valence-electron chi connectivity index (χ4n) is 1.43. The molecular weight excluding hydrogens is 142 g/mol. The molecule has 1 rings (SSSR count). The summed E-state index contributed by atoms with van der Waals surface area (Å²) in [5.74, 6) is -0.127. The molecule has 0 aromatic carbocycles. The van der Waals surface area contributed by atoms with Crippen LogP contribution in [0.3, 0.4) is 0 Å². The lowest BCUT2D eigenvalue weighted by Gasteiger charge is -2.19. The highest BCUT2D eigenvalue weighted by Gasteiger charge is 2.44. The van der Waals surface area contributed by atoms with E-state index >= 15 is 0 Å². The van der Waals surface area contributed by atoms with Gasteiger partial charge >= 0.3 is 0 Å². The first-order chi connectivity index (χ1) is 4.99. The van der Waals surface area contributed by atoms with Crippen LogP contribution in [0.1, 0.15) is 20.8 Å². The van der Waals surface area contributed by atoms with Crippen molar-refractivity contribution < 1.29 is 9.90 Å². The van der Waals surface area contributed by atoms with Gasteiger partial charge in [0.1, 0.15) is 6.10 Å². The predicted octanol–water partition coefficient (Wildman–Crippen LogP) is 0.236. The fourth-order valence-corrected chi connectivity index (χ4v) is 1.43. The second kappa shape index (κ2) is 2.48. The van der Waals surface area contributed by atoms with Gasteiger partial charge in [0.05, 0.1) is 0 Å². The molecule has 11 heavy (non-hydrogen) atoms. The molecule has 0 radical (unpaired) electrons. The molecule has 0 aliphatic carbocycles. The topological polar surface area (TPSA) is 40.5 Å². The zero-order chi connectivity index (χ0) is 8.65. The standard InChI is InChI=1S/C8H15NO2/c1-4-9-5-8(2,3)6(10)7(9)11/h6,10H,4-5H2,1-3H3/t6-/m1/s1. The third-order valence-corrected chi connectivity index (χ3v) is 2.27. The second-order valence-electron chi connectivity index (χ2n) is 3.74. The zero-order valence-corrected chi connectivity index (χ0v) is 7.29. The van der Waals surface area contributed by atoms with Crippen LogP contribution < -0.4 is 0 Å². The van der Waals surface area contributed by atoms with Crippen LogP contribution in [0.2, 0.25) is 0 Å². The lowest BCUT2D eigenvalue weighted by Crippen LogP contribution is -2.30. The number of nitrogens with zero attached hydrogens (tertiary/aromatic N) is 1. The van der Waals surface area contributed by atoms with Crippen molar-refractivity contribution in [3.63, 3.8) is 0 Å². The van der Waals surface area contributed by atoms with Gasteiger partial charge in [0, 0.05) is 18.5 Å². The van der Waals surface area contributed by atoms with Gasteiger partial charge < -0.3 is 10.0 Å². The first-order valence-corrected chi connectivity index (χ1v) is 3.96. The van der Waals surface area contributed by atoms with E-state index in [-0.39, 0.29) is 11.3 Å². The van der Waals surface area contributed by atoms with Crippen molar-refractivity contribution in [1.29, 1.82) is 0 Å². The van der Waals surface area contributed by atoms with E-state index in [9.17, 15) is 9.90 Å². The highest BCUT2D eigenvalue weighted by atomic mass is 16.3. The molecular formula is C8H15NO2. The number of aliphatic hydroxyl groups excluding tert-OH is 1. The summed E-state index contributed by atoms with van der Waals surface area (Å²) in [5.41, 5.74) is -0.271. The molecule has 64 valence electrons. The summed E-state index contributed by atoms with van der Waals surface area (Å²) in [6, 6.07) is 0. The largest absolute Gasteiger partial charge is 0.383 e. The van der Waals surface area contributed by atoms with Gasteiger partial charge in [0.25, 0.3) is 5.91 Å². The number of hydrogen-bond acceptors (Lipinski definition) is 2. The zero-order valence-electron chi connectivity index (χ0n) is 7.29. The van der Waals surface area contributed by atoms with E-state index in [0.717, 1.165) is 0 Å². The summed E-state index contributed by atoms with van der Waals surface area (Å²) >= 11 is 0. The van der Waals surface area contributed by atoms with E-state index in [1.54, 1.807) is 4.90 Å². The monoisotopic (exact) mass is 157 g/mol. The van der Waals surface area contributed by atoms with Crippen LogP contribution >= 0.6 is 0 Å². The van der Waals surface area contributed by atoms with Crippen molar-refractivity contribution >= 4 is 5.91 Å². The van der Waals surface area contributed by atoms with Crippen LogP contribution in [0, 0.1) is 5.41 Å². The molecule has 1 saturated heterocycles. The van der Waals surface area contributed by atoms with Gasteiger partial charge in [-0.25, -0.2) is 0 Å². The number of carbonyl (C=O) groups is 1. The molecule has 1 heterocycles. The third-order valence-electron chi connectivity index (χ3n) is 2.27. The first kappa shape index (κ1) is 8.53. The van der Waals surface area contributed by atoms with Gasteiger partial charge in [-0.05, 0) is 6.92 Å². The molecule has 1 N–H and O–H groups in total. The Kier molecular flexibility index (Phi) is 1.92. The Morgan fingerprint density at radius 2 is 2.27 bits per heavy atom. The van der Waals surface area contributed by atoms with Gasteiger partial charge in [0.15, 0.2) is 0 Å². The van der Waals surface area contributed by atoms with Crippen LogP contribution in [0.4, 0.5) is 0 Å². The van der Waals surface area contributed by atoms with Gasteiger partial charge in [-0.2, -0.15) is 0 Å². The lowest BCUT2D eigenvalue weighted by atomic mass is 9.90. The summed E-state index contributed by atoms with van der Waals surface area (Å²) in [4.78, 5) is 12.9. The molecule has 0 unspecified atom stereocenters. The minimum atomic E-state index is -0.803. The number of likely N-dealkylation sites (tertiary alicyclic amines) is 1. The summed E-state index contributed by atoms with van der Waals surface area (Å²) in [7, 11) is 0. The summed E-state index contributed by atoms with van der Waals surface area (Å²) in [5, 5.41) is 9.44. The third kappa shape index (κ3) is 1.25. The lowest BCUT2D eigenvalue weighted by molar-refractivity contribution is -0.135. The van der Waals surface area contributed by atoms with Crippen molar-refractivity contribution in [3.05, 3.63) is 0 Å². The molecule has 0 bridgehead atoms. The van der Waals surface area contributed by atoms with Gasteiger partial charge in [-0.15, -0.1) is 0 Å². The van der Waals surface area contributed by atoms with Crippen molar-refractivity contribution in [3.8, 4) is 0 Å². The van der Waals surface area contributed by atoms with Crippen molar-refractivity contribution in [1.82, 2.24) is 4.90 Å². The van der Waals surface area contributed by atoms with Crippen LogP contribution in [0.25, 0.3) is 0 Å². The van der Waals surface area contributed by atoms with Crippen molar-refractivity contribution in [2.45, 2.75) is 26.9 Å². The molecule has 1 aliphatic heterocycles. The van der Waals surface area contributed by atoms with E-state index in [0.29, 0.717) is 13.1 Å². The van der Waals surface area contributed by atoms with Crippen LogP contribution in [0.5, 0.6) is 0 Å². The first-order valence-electron chi connectivity index (χ1n) is 3.96. The van der Waals surface area contributed by atoms with Crippen LogP contribution in [-0.2, 0) is 4.79 Å². The fraction of sp³-hybridized carbons (Fsp3) is 0.875. The second-order valence-corrected chi connectivity index (χ2v) is 3.74. The number of amides is 1. The number of rotatable bonds is 1. The SMILES string of the molecule is CCN1CC(C)(C)[C@H](O)C1=O. The maximum absolute atomic E-state index is 11.2. The Morgan fingerprint density at radius 3 is 2.45 bits per heavy atom. The highest BCUT2D eigenvalue weighted by molar-refractivity contribution is 5.84. The van der Waals surface area contributed by atoms with Gasteiger partial charge in [-0.1, -0.05) is 13.8 Å². The van der Waals surface area contributed by atoms with Crippen molar-refractivity contribution in [2.24, 2.45) is 5.41 Å².